The molecule has 0 bridgehead atoms. The number of rotatable bonds is 4. The molecule has 0 radical (unpaired) electrons. The van der Waals surface area contributed by atoms with Crippen LogP contribution in [0, 0.1) is 11.3 Å². The quantitative estimate of drug-likeness (QED) is 0.674. The molecule has 1 aliphatic heterocycles. The molecular weight excluding hydrogens is 336 g/mol. The predicted octanol–water partition coefficient (Wildman–Crippen LogP) is 3.45. The number of hydrogen-bond donors (Lipinski definition) is 1. The molecule has 2 fully saturated rings. The van der Waals surface area contributed by atoms with Crippen LogP contribution in [0.4, 0.5) is 5.13 Å². The molecular formula is C19H18N2O3S. The van der Waals surface area contributed by atoms with Crippen LogP contribution in [0.25, 0.3) is 0 Å². The van der Waals surface area contributed by atoms with Gasteiger partial charge in [0, 0.05) is 23.1 Å². The van der Waals surface area contributed by atoms with Crippen LogP contribution in [0.15, 0.2) is 48.0 Å². The van der Waals surface area contributed by atoms with Gasteiger partial charge >= 0.3 is 5.97 Å². The largest absolute Gasteiger partial charge is 0.465 e. The van der Waals surface area contributed by atoms with E-state index in [4.69, 9.17) is 4.74 Å². The lowest BCUT2D eigenvalue weighted by Gasteiger charge is -2.24. The van der Waals surface area contributed by atoms with Crippen LogP contribution >= 0.6 is 11.3 Å². The number of nitrogens with one attached hydrogen (secondary N) is 1. The molecule has 4 rings (SSSR count). The number of carbonyl (C=O) groups is 2. The Bertz CT molecular complexity index is 829. The van der Waals surface area contributed by atoms with Gasteiger partial charge in [-0.3, -0.25) is 14.9 Å². The summed E-state index contributed by atoms with van der Waals surface area (Å²) in [5.74, 6) is -0.0748. The summed E-state index contributed by atoms with van der Waals surface area (Å²) in [6, 6.07) is 7.40. The van der Waals surface area contributed by atoms with Crippen LogP contribution in [-0.4, -0.2) is 23.5 Å². The van der Waals surface area contributed by atoms with Gasteiger partial charge in [0.15, 0.2) is 5.13 Å². The van der Waals surface area contributed by atoms with E-state index < -0.39 is 5.41 Å². The second-order valence-electron chi connectivity index (χ2n) is 6.75. The second kappa shape index (κ2) is 6.11. The van der Waals surface area contributed by atoms with E-state index >= 15 is 0 Å². The summed E-state index contributed by atoms with van der Waals surface area (Å²) in [6.07, 6.45) is 3.84. The highest BCUT2D eigenvalue weighted by molar-refractivity contribution is 7.13. The van der Waals surface area contributed by atoms with E-state index in [-0.39, 0.29) is 17.8 Å². The van der Waals surface area contributed by atoms with Crippen LogP contribution in [0.5, 0.6) is 0 Å². The second-order valence-corrected chi connectivity index (χ2v) is 7.64. The number of benzene rings is 1. The van der Waals surface area contributed by atoms with Gasteiger partial charge in [-0.05, 0) is 37.0 Å². The topological polar surface area (TPSA) is 68.3 Å². The van der Waals surface area contributed by atoms with Crippen LogP contribution in [-0.2, 0) is 16.0 Å². The first kappa shape index (κ1) is 16.0. The highest BCUT2D eigenvalue weighted by Crippen LogP contribution is 2.52. The van der Waals surface area contributed by atoms with Crippen molar-refractivity contribution in [3.63, 3.8) is 0 Å². The first-order valence-electron chi connectivity index (χ1n) is 8.20. The Morgan fingerprint density at radius 1 is 1.40 bits per heavy atom. The van der Waals surface area contributed by atoms with Crippen LogP contribution in [0.3, 0.4) is 0 Å². The van der Waals surface area contributed by atoms with Crippen molar-refractivity contribution in [3.05, 3.63) is 59.1 Å². The van der Waals surface area contributed by atoms with Gasteiger partial charge in [-0.2, -0.15) is 0 Å². The van der Waals surface area contributed by atoms with Gasteiger partial charge in [0.1, 0.15) is 0 Å². The molecule has 1 N–H and O–H groups in total. The van der Waals surface area contributed by atoms with Crippen molar-refractivity contribution >= 4 is 28.3 Å². The van der Waals surface area contributed by atoms with Gasteiger partial charge in [-0.15, -0.1) is 11.3 Å². The molecule has 2 heterocycles. The van der Waals surface area contributed by atoms with E-state index in [1.807, 2.05) is 17.5 Å². The molecule has 1 saturated heterocycles. The monoisotopic (exact) mass is 354 g/mol. The van der Waals surface area contributed by atoms with Crippen LogP contribution in [0.2, 0.25) is 0 Å². The minimum atomic E-state index is -0.470. The minimum Gasteiger partial charge on any atom is -0.465 e. The Kier molecular flexibility index (Phi) is 3.92. The van der Waals surface area contributed by atoms with E-state index in [9.17, 15) is 9.59 Å². The Labute approximate surface area is 149 Å². The van der Waals surface area contributed by atoms with Crippen molar-refractivity contribution in [2.24, 2.45) is 11.3 Å². The van der Waals surface area contributed by atoms with Gasteiger partial charge in [0.2, 0.25) is 0 Å². The van der Waals surface area contributed by atoms with Crippen molar-refractivity contribution in [1.29, 1.82) is 0 Å². The molecule has 1 aromatic carbocycles. The molecule has 1 saturated carbocycles. The zero-order valence-electron chi connectivity index (χ0n) is 13.7. The Balaban J connectivity index is 1.50. The molecule has 25 heavy (non-hydrogen) atoms. The number of fused-ring (bicyclic) bond motifs is 1. The van der Waals surface area contributed by atoms with Crippen molar-refractivity contribution in [1.82, 2.24) is 4.98 Å². The van der Waals surface area contributed by atoms with E-state index in [0.717, 1.165) is 17.6 Å². The SMILES string of the molecule is C=C1CC2COC(=O)C2(Cc2ccc(C(=O)Nc3nccs3)cc2)C1. The third-order valence-electron chi connectivity index (χ3n) is 5.09. The zero-order valence-corrected chi connectivity index (χ0v) is 14.5. The highest BCUT2D eigenvalue weighted by Gasteiger charge is 2.55. The Morgan fingerprint density at radius 3 is 2.92 bits per heavy atom. The molecule has 0 spiro atoms. The average molecular weight is 354 g/mol. The van der Waals surface area contributed by atoms with Crippen molar-refractivity contribution in [2.75, 3.05) is 11.9 Å². The maximum atomic E-state index is 12.3. The first-order chi connectivity index (χ1) is 12.1. The summed E-state index contributed by atoms with van der Waals surface area (Å²) in [7, 11) is 0. The van der Waals surface area contributed by atoms with E-state index in [1.165, 1.54) is 11.3 Å². The van der Waals surface area contributed by atoms with Gasteiger partial charge < -0.3 is 4.74 Å². The molecule has 1 amide bonds. The number of thiazole rings is 1. The third-order valence-corrected chi connectivity index (χ3v) is 5.78. The number of cyclic esters (lactones) is 1. The maximum Gasteiger partial charge on any atom is 0.313 e. The van der Waals surface area contributed by atoms with Crippen LogP contribution in [0.1, 0.15) is 28.8 Å². The lowest BCUT2D eigenvalue weighted by molar-refractivity contribution is -0.146. The first-order valence-corrected chi connectivity index (χ1v) is 9.08. The smallest absolute Gasteiger partial charge is 0.313 e. The normalized spacial score (nSPS) is 24.9. The summed E-state index contributed by atoms with van der Waals surface area (Å²) < 4.78 is 5.31. The number of hydrogen-bond acceptors (Lipinski definition) is 5. The standard InChI is InChI=1S/C19H18N2O3S/c1-12-8-15-11-24-17(23)19(15,9-12)10-13-2-4-14(5-3-13)16(22)21-18-20-6-7-25-18/h2-7,15H,1,8-11H2,(H,20,21,22). The summed E-state index contributed by atoms with van der Waals surface area (Å²) in [5, 5.41) is 5.15. The average Bonchev–Trinajstić information content (AvgIpc) is 3.27. The minimum absolute atomic E-state index is 0.110. The fourth-order valence-corrected chi connectivity index (χ4v) is 4.38. The number of anilines is 1. The molecule has 2 atom stereocenters. The lowest BCUT2D eigenvalue weighted by Crippen LogP contribution is -2.31. The van der Waals surface area contributed by atoms with Gasteiger partial charge in [0.25, 0.3) is 5.91 Å². The fraction of sp³-hybridized carbons (Fsp3) is 0.316. The van der Waals surface area contributed by atoms with Gasteiger partial charge in [0.05, 0.1) is 12.0 Å². The molecule has 2 aromatic rings. The molecule has 2 aliphatic rings. The van der Waals surface area contributed by atoms with Crippen molar-refractivity contribution in [2.45, 2.75) is 19.3 Å². The van der Waals surface area contributed by atoms with E-state index in [0.29, 0.717) is 30.1 Å². The zero-order chi connectivity index (χ0) is 17.4. The molecule has 6 heteroatoms. The van der Waals surface area contributed by atoms with Gasteiger partial charge in [-0.1, -0.05) is 24.3 Å². The summed E-state index contributed by atoms with van der Waals surface area (Å²) in [6.45, 7) is 4.56. The lowest BCUT2D eigenvalue weighted by atomic mass is 9.75. The number of carbonyl (C=O) groups excluding carboxylic acids is 2. The van der Waals surface area contributed by atoms with Crippen LogP contribution < -0.4 is 5.32 Å². The molecule has 5 nitrogen and oxygen atoms in total. The summed E-state index contributed by atoms with van der Waals surface area (Å²) in [5.41, 5.74) is 2.25. The van der Waals surface area contributed by atoms with E-state index in [2.05, 4.69) is 16.9 Å². The highest BCUT2D eigenvalue weighted by atomic mass is 32.1. The molecule has 2 unspecified atom stereocenters. The molecule has 128 valence electrons. The number of nitrogens with zero attached hydrogens (tertiary/aromatic N) is 1. The third kappa shape index (κ3) is 2.87. The molecule has 1 aromatic heterocycles. The Morgan fingerprint density at radius 2 is 2.20 bits per heavy atom. The van der Waals surface area contributed by atoms with Crippen molar-refractivity contribution in [3.8, 4) is 0 Å². The number of ether oxygens (including phenoxy) is 1. The molecule has 1 aliphatic carbocycles. The maximum absolute atomic E-state index is 12.3. The predicted molar refractivity (Wildman–Crippen MR) is 95.5 cm³/mol. The number of allylic oxidation sites excluding steroid dienone is 1. The Hall–Kier alpha value is -2.47. The van der Waals surface area contributed by atoms with E-state index in [1.54, 1.807) is 18.3 Å². The van der Waals surface area contributed by atoms with Gasteiger partial charge in [-0.25, -0.2) is 4.98 Å². The summed E-state index contributed by atoms with van der Waals surface area (Å²) >= 11 is 1.38. The number of esters is 1. The number of aromatic nitrogens is 1. The summed E-state index contributed by atoms with van der Waals surface area (Å²) in [4.78, 5) is 28.6. The fourth-order valence-electron chi connectivity index (χ4n) is 3.86. The number of amides is 1. The van der Waals surface area contributed by atoms with Crippen molar-refractivity contribution < 1.29 is 14.3 Å².